The first-order chi connectivity index (χ1) is 11.9. The lowest BCUT2D eigenvalue weighted by atomic mass is 10.2. The molecule has 1 aliphatic heterocycles. The highest BCUT2D eigenvalue weighted by Crippen LogP contribution is 2.20. The fourth-order valence-electron chi connectivity index (χ4n) is 2.35. The SMILES string of the molecule is COC(=O)[C@@H]1CN(C(=O)COC(=O)c2ccc(N(C)C)cc2)CCS1. The highest BCUT2D eigenvalue weighted by Gasteiger charge is 2.30. The molecule has 8 heteroatoms. The van der Waals surface area contributed by atoms with Gasteiger partial charge in [0.25, 0.3) is 5.91 Å². The summed E-state index contributed by atoms with van der Waals surface area (Å²) in [5.41, 5.74) is 1.35. The Morgan fingerprint density at radius 2 is 1.92 bits per heavy atom. The second-order valence-electron chi connectivity index (χ2n) is 5.74. The summed E-state index contributed by atoms with van der Waals surface area (Å²) in [5.74, 6) is -0.562. The maximum absolute atomic E-state index is 12.2. The van der Waals surface area contributed by atoms with Crippen molar-refractivity contribution in [3.05, 3.63) is 29.8 Å². The molecular formula is C17H22N2O5S. The molecule has 0 aromatic heterocycles. The number of esters is 2. The van der Waals surface area contributed by atoms with Gasteiger partial charge in [0.05, 0.1) is 12.7 Å². The lowest BCUT2D eigenvalue weighted by Crippen LogP contribution is -2.46. The number of nitrogens with zero attached hydrogens (tertiary/aromatic N) is 2. The molecule has 0 bridgehead atoms. The maximum atomic E-state index is 12.2. The van der Waals surface area contributed by atoms with E-state index in [0.717, 1.165) is 5.69 Å². The molecule has 0 aliphatic carbocycles. The van der Waals surface area contributed by atoms with E-state index in [4.69, 9.17) is 9.47 Å². The number of hydrogen-bond donors (Lipinski definition) is 0. The van der Waals surface area contributed by atoms with E-state index in [9.17, 15) is 14.4 Å². The molecular weight excluding hydrogens is 344 g/mol. The van der Waals surface area contributed by atoms with Crippen molar-refractivity contribution >= 4 is 35.3 Å². The van der Waals surface area contributed by atoms with Crippen molar-refractivity contribution in [3.63, 3.8) is 0 Å². The number of hydrogen-bond acceptors (Lipinski definition) is 7. The smallest absolute Gasteiger partial charge is 0.338 e. The number of anilines is 1. The average molecular weight is 366 g/mol. The van der Waals surface area contributed by atoms with Crippen LogP contribution in [0.25, 0.3) is 0 Å². The summed E-state index contributed by atoms with van der Waals surface area (Å²) < 4.78 is 9.81. The molecule has 25 heavy (non-hydrogen) atoms. The van der Waals surface area contributed by atoms with Crippen molar-refractivity contribution in [2.24, 2.45) is 0 Å². The highest BCUT2D eigenvalue weighted by atomic mass is 32.2. The lowest BCUT2D eigenvalue weighted by Gasteiger charge is -2.30. The quantitative estimate of drug-likeness (QED) is 0.720. The van der Waals surface area contributed by atoms with Crippen LogP contribution in [0.4, 0.5) is 5.69 Å². The molecule has 1 aromatic rings. The topological polar surface area (TPSA) is 76.1 Å². The van der Waals surface area contributed by atoms with Gasteiger partial charge in [0, 0.05) is 38.6 Å². The number of benzene rings is 1. The van der Waals surface area contributed by atoms with Gasteiger partial charge in [0.1, 0.15) is 5.25 Å². The maximum Gasteiger partial charge on any atom is 0.338 e. The number of thioether (sulfide) groups is 1. The van der Waals surface area contributed by atoms with E-state index in [0.29, 0.717) is 17.9 Å². The van der Waals surface area contributed by atoms with Crippen molar-refractivity contribution in [2.45, 2.75) is 5.25 Å². The van der Waals surface area contributed by atoms with Gasteiger partial charge in [0.2, 0.25) is 0 Å². The highest BCUT2D eigenvalue weighted by molar-refractivity contribution is 8.00. The van der Waals surface area contributed by atoms with Gasteiger partial charge in [-0.25, -0.2) is 4.79 Å². The molecule has 0 N–H and O–H groups in total. The van der Waals surface area contributed by atoms with Crippen molar-refractivity contribution in [3.8, 4) is 0 Å². The minimum Gasteiger partial charge on any atom is -0.468 e. The summed E-state index contributed by atoms with van der Waals surface area (Å²) in [4.78, 5) is 39.3. The predicted octanol–water partition coefficient (Wildman–Crippen LogP) is 1.03. The van der Waals surface area contributed by atoms with E-state index in [1.54, 1.807) is 24.3 Å². The third kappa shape index (κ3) is 5.12. The number of rotatable bonds is 5. The summed E-state index contributed by atoms with van der Waals surface area (Å²) in [6.45, 7) is 0.449. The minimum atomic E-state index is -0.547. The van der Waals surface area contributed by atoms with E-state index in [-0.39, 0.29) is 25.0 Å². The Morgan fingerprint density at radius 1 is 1.24 bits per heavy atom. The summed E-state index contributed by atoms with van der Waals surface area (Å²) in [6.07, 6.45) is 0. The van der Waals surface area contributed by atoms with Gasteiger partial charge in [-0.3, -0.25) is 9.59 Å². The third-order valence-corrected chi connectivity index (χ3v) is 4.99. The Kier molecular flexibility index (Phi) is 6.69. The van der Waals surface area contributed by atoms with Gasteiger partial charge >= 0.3 is 11.9 Å². The van der Waals surface area contributed by atoms with E-state index in [2.05, 4.69) is 0 Å². The van der Waals surface area contributed by atoms with Gasteiger partial charge in [-0.15, -0.1) is 11.8 Å². The van der Waals surface area contributed by atoms with Crippen molar-refractivity contribution in [1.82, 2.24) is 4.90 Å². The Morgan fingerprint density at radius 3 is 2.52 bits per heavy atom. The molecule has 1 amide bonds. The van der Waals surface area contributed by atoms with E-state index in [1.807, 2.05) is 19.0 Å². The van der Waals surface area contributed by atoms with Gasteiger partial charge in [-0.05, 0) is 24.3 Å². The molecule has 1 aromatic carbocycles. The second kappa shape index (κ2) is 8.75. The molecule has 1 saturated heterocycles. The fourth-order valence-corrected chi connectivity index (χ4v) is 3.48. The number of carbonyl (C=O) groups is 3. The van der Waals surface area contributed by atoms with Crippen LogP contribution in [0.2, 0.25) is 0 Å². The van der Waals surface area contributed by atoms with Gasteiger partial charge in [-0.1, -0.05) is 0 Å². The zero-order valence-corrected chi connectivity index (χ0v) is 15.4. The Labute approximate surface area is 151 Å². The summed E-state index contributed by atoms with van der Waals surface area (Å²) in [7, 11) is 5.14. The molecule has 0 unspecified atom stereocenters. The first kappa shape index (κ1) is 19.1. The standard InChI is InChI=1S/C17H22N2O5S/c1-18(2)13-6-4-12(5-7-13)16(21)24-11-15(20)19-8-9-25-14(10-19)17(22)23-3/h4-7,14H,8-11H2,1-3H3/t14-/m0/s1. The summed E-state index contributed by atoms with van der Waals surface area (Å²) in [5, 5.41) is -0.392. The number of ether oxygens (including phenoxy) is 2. The van der Waals surface area contributed by atoms with Gasteiger partial charge < -0.3 is 19.3 Å². The molecule has 0 saturated carbocycles. The molecule has 7 nitrogen and oxygen atoms in total. The Bertz CT molecular complexity index is 632. The average Bonchev–Trinajstić information content (AvgIpc) is 2.65. The van der Waals surface area contributed by atoms with Gasteiger partial charge in [-0.2, -0.15) is 0 Å². The zero-order valence-electron chi connectivity index (χ0n) is 14.6. The van der Waals surface area contributed by atoms with Crippen molar-refractivity contribution in [1.29, 1.82) is 0 Å². The number of amides is 1. The minimum absolute atomic E-state index is 0.269. The molecule has 2 rings (SSSR count). The van der Waals surface area contributed by atoms with E-state index in [1.165, 1.54) is 23.8 Å². The zero-order chi connectivity index (χ0) is 18.4. The van der Waals surface area contributed by atoms with Crippen LogP contribution in [-0.2, 0) is 19.1 Å². The van der Waals surface area contributed by atoms with Crippen LogP contribution in [0.1, 0.15) is 10.4 Å². The predicted molar refractivity (Wildman–Crippen MR) is 95.9 cm³/mol. The van der Waals surface area contributed by atoms with Crippen LogP contribution in [0.3, 0.4) is 0 Å². The molecule has 1 atom stereocenters. The Balaban J connectivity index is 1.86. The number of carbonyl (C=O) groups excluding carboxylic acids is 3. The molecule has 136 valence electrons. The van der Waals surface area contributed by atoms with Crippen LogP contribution in [0, 0.1) is 0 Å². The van der Waals surface area contributed by atoms with Gasteiger partial charge in [0.15, 0.2) is 6.61 Å². The number of methoxy groups -OCH3 is 1. The van der Waals surface area contributed by atoms with Crippen LogP contribution >= 0.6 is 11.8 Å². The van der Waals surface area contributed by atoms with E-state index < -0.39 is 11.2 Å². The summed E-state index contributed by atoms with van der Waals surface area (Å²) >= 11 is 1.46. The molecule has 0 spiro atoms. The third-order valence-electron chi connectivity index (χ3n) is 3.83. The molecule has 1 fully saturated rings. The normalized spacial score (nSPS) is 16.9. The fraction of sp³-hybridized carbons (Fsp3) is 0.471. The monoisotopic (exact) mass is 366 g/mol. The van der Waals surface area contributed by atoms with Crippen molar-refractivity contribution in [2.75, 3.05) is 51.6 Å². The van der Waals surface area contributed by atoms with Crippen LogP contribution < -0.4 is 4.90 Å². The molecule has 1 aliphatic rings. The first-order valence-electron chi connectivity index (χ1n) is 7.84. The largest absolute Gasteiger partial charge is 0.468 e. The second-order valence-corrected chi connectivity index (χ2v) is 7.05. The van der Waals surface area contributed by atoms with Crippen molar-refractivity contribution < 1.29 is 23.9 Å². The van der Waals surface area contributed by atoms with Crippen LogP contribution in [-0.4, -0.2) is 74.7 Å². The lowest BCUT2D eigenvalue weighted by molar-refractivity contribution is -0.141. The molecule has 0 radical (unpaired) electrons. The Hall–Kier alpha value is -2.22. The van der Waals surface area contributed by atoms with Crippen LogP contribution in [0.5, 0.6) is 0 Å². The van der Waals surface area contributed by atoms with Crippen LogP contribution in [0.15, 0.2) is 24.3 Å². The summed E-state index contributed by atoms with van der Waals surface area (Å²) in [6, 6.07) is 6.93. The molecule has 1 heterocycles. The first-order valence-corrected chi connectivity index (χ1v) is 8.89. The van der Waals surface area contributed by atoms with E-state index >= 15 is 0 Å².